The van der Waals surface area contributed by atoms with Crippen molar-refractivity contribution in [3.8, 4) is 0 Å². The van der Waals surface area contributed by atoms with E-state index >= 15 is 0 Å². The van der Waals surface area contributed by atoms with E-state index in [1.807, 2.05) is 0 Å². The van der Waals surface area contributed by atoms with Crippen molar-refractivity contribution < 1.29 is 4.79 Å². The predicted molar refractivity (Wildman–Crippen MR) is 45.7 cm³/mol. The van der Waals surface area contributed by atoms with Gasteiger partial charge in [-0.25, -0.2) is 0 Å². The summed E-state index contributed by atoms with van der Waals surface area (Å²) in [5.74, 6) is -0.396. The van der Waals surface area contributed by atoms with Crippen molar-refractivity contribution in [2.45, 2.75) is 0 Å². The normalized spacial score (nSPS) is 9.18. The van der Waals surface area contributed by atoms with Gasteiger partial charge in [-0.05, 0) is 11.5 Å². The molecule has 0 radical (unpaired) electrons. The monoisotopic (exact) mass is 188 g/mol. The lowest BCUT2D eigenvalue weighted by molar-refractivity contribution is -0.112. The average Bonchev–Trinajstić information content (AvgIpc) is 2.39. The van der Waals surface area contributed by atoms with Crippen molar-refractivity contribution in [3.05, 3.63) is 23.2 Å². The van der Waals surface area contributed by atoms with Gasteiger partial charge in [0.1, 0.15) is 0 Å². The van der Waals surface area contributed by atoms with Crippen molar-refractivity contribution >= 4 is 34.7 Å². The molecule has 0 unspecified atom stereocenters. The predicted octanol–water partition coefficient (Wildman–Crippen LogP) is 1.83. The Bertz CT molecular complexity index is 270. The molecular formula is C6H5ClN2OS. The van der Waals surface area contributed by atoms with Crippen LogP contribution in [0.3, 0.4) is 0 Å². The highest BCUT2D eigenvalue weighted by molar-refractivity contribution is 7.04. The second kappa shape index (κ2) is 3.50. The molecule has 3 nitrogen and oxygen atoms in total. The summed E-state index contributed by atoms with van der Waals surface area (Å²) in [6, 6.07) is 0. The molecule has 0 bridgehead atoms. The molecular weight excluding hydrogens is 184 g/mol. The Balaban J connectivity index is 2.57. The van der Waals surface area contributed by atoms with E-state index in [0.717, 1.165) is 0 Å². The maximum Gasteiger partial charge on any atom is 0.266 e. The summed E-state index contributed by atoms with van der Waals surface area (Å²) in [4.78, 5) is 10.8. The number of halogens is 1. The zero-order valence-electron chi connectivity index (χ0n) is 5.50. The molecule has 0 aliphatic rings. The van der Waals surface area contributed by atoms with E-state index in [1.54, 1.807) is 11.6 Å². The topological polar surface area (TPSA) is 42.0 Å². The van der Waals surface area contributed by atoms with E-state index in [2.05, 4.69) is 16.3 Å². The Morgan fingerprint density at radius 2 is 2.55 bits per heavy atom. The van der Waals surface area contributed by atoms with Crippen molar-refractivity contribution in [1.82, 2.24) is 4.37 Å². The number of rotatable bonds is 2. The summed E-state index contributed by atoms with van der Waals surface area (Å²) in [7, 11) is 0. The molecule has 0 saturated carbocycles. The van der Waals surface area contributed by atoms with Gasteiger partial charge in [-0.2, -0.15) is 4.37 Å². The first-order valence-corrected chi connectivity index (χ1v) is 3.97. The van der Waals surface area contributed by atoms with Crippen molar-refractivity contribution in [3.63, 3.8) is 0 Å². The fourth-order valence-corrected chi connectivity index (χ4v) is 0.981. The van der Waals surface area contributed by atoms with Gasteiger partial charge in [-0.15, -0.1) is 0 Å². The highest BCUT2D eigenvalue weighted by Crippen LogP contribution is 2.10. The van der Waals surface area contributed by atoms with Crippen LogP contribution >= 0.6 is 23.1 Å². The minimum Gasteiger partial charge on any atom is -0.319 e. The van der Waals surface area contributed by atoms with Crippen LogP contribution in [0.25, 0.3) is 0 Å². The van der Waals surface area contributed by atoms with Crippen molar-refractivity contribution in [2.24, 2.45) is 0 Å². The van der Waals surface area contributed by atoms with Gasteiger partial charge in [0.15, 0.2) is 0 Å². The number of nitrogens with one attached hydrogen (secondary N) is 1. The quantitative estimate of drug-likeness (QED) is 0.720. The first-order chi connectivity index (χ1) is 5.20. The Morgan fingerprint density at radius 3 is 3.00 bits per heavy atom. The second-order valence-electron chi connectivity index (χ2n) is 1.77. The van der Waals surface area contributed by atoms with Gasteiger partial charge < -0.3 is 5.32 Å². The largest absolute Gasteiger partial charge is 0.319 e. The van der Waals surface area contributed by atoms with Crippen molar-refractivity contribution in [2.75, 3.05) is 5.32 Å². The van der Waals surface area contributed by atoms with Gasteiger partial charge in [-0.1, -0.05) is 18.2 Å². The van der Waals surface area contributed by atoms with Gasteiger partial charge in [-0.3, -0.25) is 4.79 Å². The first-order valence-electron chi connectivity index (χ1n) is 2.75. The molecule has 0 aliphatic carbocycles. The molecule has 1 rings (SSSR count). The summed E-state index contributed by atoms with van der Waals surface area (Å²) in [6.45, 7) is 3.27. The fourth-order valence-electron chi connectivity index (χ4n) is 0.465. The lowest BCUT2D eigenvalue weighted by atomic mass is 10.5. The average molecular weight is 189 g/mol. The van der Waals surface area contributed by atoms with E-state index < -0.39 is 5.91 Å². The highest BCUT2D eigenvalue weighted by Gasteiger charge is 2.03. The number of amides is 1. The van der Waals surface area contributed by atoms with Gasteiger partial charge in [0.05, 0.1) is 16.9 Å². The maximum absolute atomic E-state index is 10.8. The molecule has 5 heteroatoms. The Kier molecular flexibility index (Phi) is 2.62. The van der Waals surface area contributed by atoms with E-state index in [1.165, 1.54) is 11.5 Å². The molecule has 0 fully saturated rings. The van der Waals surface area contributed by atoms with Crippen LogP contribution in [0.4, 0.5) is 5.69 Å². The highest BCUT2D eigenvalue weighted by atomic mass is 35.5. The summed E-state index contributed by atoms with van der Waals surface area (Å²) in [5, 5.41) is 4.17. The molecule has 1 amide bonds. The molecule has 0 atom stereocenters. The van der Waals surface area contributed by atoms with Crippen LogP contribution in [-0.4, -0.2) is 10.3 Å². The first kappa shape index (κ1) is 8.23. The third kappa shape index (κ3) is 2.32. The smallest absolute Gasteiger partial charge is 0.266 e. The van der Waals surface area contributed by atoms with Crippen LogP contribution in [0.5, 0.6) is 0 Å². The number of hydrogen-bond acceptors (Lipinski definition) is 3. The number of aromatic nitrogens is 1. The van der Waals surface area contributed by atoms with Gasteiger partial charge >= 0.3 is 0 Å². The number of anilines is 1. The maximum atomic E-state index is 10.8. The van der Waals surface area contributed by atoms with Crippen LogP contribution in [0.15, 0.2) is 23.2 Å². The summed E-state index contributed by atoms with van der Waals surface area (Å²) < 4.78 is 3.79. The molecule has 11 heavy (non-hydrogen) atoms. The molecule has 0 saturated heterocycles. The summed E-state index contributed by atoms with van der Waals surface area (Å²) >= 11 is 6.58. The van der Waals surface area contributed by atoms with Crippen LogP contribution < -0.4 is 5.32 Å². The van der Waals surface area contributed by atoms with E-state index in [9.17, 15) is 4.79 Å². The molecule has 1 heterocycles. The number of nitrogens with zero attached hydrogens (tertiary/aromatic N) is 1. The fraction of sp³-hybridized carbons (Fsp3) is 0. The summed E-state index contributed by atoms with van der Waals surface area (Å²) in [5.41, 5.74) is 0.641. The molecule has 0 spiro atoms. The van der Waals surface area contributed by atoms with Crippen LogP contribution in [0.2, 0.25) is 0 Å². The van der Waals surface area contributed by atoms with Crippen LogP contribution in [0.1, 0.15) is 0 Å². The lowest BCUT2D eigenvalue weighted by Gasteiger charge is -1.97. The second-order valence-corrected chi connectivity index (χ2v) is 2.89. The molecule has 1 N–H and O–H groups in total. The van der Waals surface area contributed by atoms with Crippen LogP contribution in [0, 0.1) is 0 Å². The molecule has 0 aliphatic heterocycles. The zero-order valence-corrected chi connectivity index (χ0v) is 7.08. The number of carbonyl (C=O) groups is 1. The third-order valence-corrected chi connectivity index (χ3v) is 1.69. The van der Waals surface area contributed by atoms with Gasteiger partial charge in [0, 0.05) is 5.38 Å². The molecule has 58 valence electrons. The van der Waals surface area contributed by atoms with E-state index in [4.69, 9.17) is 11.6 Å². The van der Waals surface area contributed by atoms with Gasteiger partial charge in [0.25, 0.3) is 5.91 Å². The Morgan fingerprint density at radius 1 is 1.82 bits per heavy atom. The van der Waals surface area contributed by atoms with Crippen LogP contribution in [-0.2, 0) is 4.79 Å². The summed E-state index contributed by atoms with van der Waals surface area (Å²) in [6.07, 6.45) is 1.54. The van der Waals surface area contributed by atoms with Gasteiger partial charge in [0.2, 0.25) is 0 Å². The molecule has 1 aromatic heterocycles. The molecule has 0 aromatic carbocycles. The minimum absolute atomic E-state index is 0.0313. The van der Waals surface area contributed by atoms with E-state index in [0.29, 0.717) is 5.69 Å². The number of carbonyl (C=O) groups excluding carboxylic acids is 1. The Hall–Kier alpha value is -0.870. The SMILES string of the molecule is C=C(Cl)C(=O)Nc1cnsc1. The third-order valence-electron chi connectivity index (χ3n) is 0.937. The lowest BCUT2D eigenvalue weighted by Crippen LogP contribution is -2.09. The van der Waals surface area contributed by atoms with E-state index in [-0.39, 0.29) is 5.03 Å². The zero-order chi connectivity index (χ0) is 8.27. The number of hydrogen-bond donors (Lipinski definition) is 1. The standard InChI is InChI=1S/C6H5ClN2OS/c1-4(7)6(10)9-5-2-8-11-3-5/h2-3H,1H2,(H,9,10). The van der Waals surface area contributed by atoms with Crippen molar-refractivity contribution in [1.29, 1.82) is 0 Å². The molecule has 1 aromatic rings. The minimum atomic E-state index is -0.396. The Labute approximate surface area is 72.9 Å².